The second kappa shape index (κ2) is 3.47. The standard InChI is InChI=1S/C10H13NO2/c1-7-6-8(4-5-9(7)12)10(13)11(2)3/h4-6,12H,1-3H3. The van der Waals surface area contributed by atoms with Gasteiger partial charge in [0.05, 0.1) is 0 Å². The average Bonchev–Trinajstić information content (AvgIpc) is 2.08. The fraction of sp³-hybridized carbons (Fsp3) is 0.300. The second-order valence-corrected chi connectivity index (χ2v) is 3.20. The number of carbonyl (C=O) groups is 1. The van der Waals surface area contributed by atoms with Crippen molar-refractivity contribution in [2.75, 3.05) is 14.1 Å². The summed E-state index contributed by atoms with van der Waals surface area (Å²) in [7, 11) is 3.40. The van der Waals surface area contributed by atoms with E-state index in [2.05, 4.69) is 0 Å². The van der Waals surface area contributed by atoms with Crippen molar-refractivity contribution in [1.82, 2.24) is 4.90 Å². The van der Waals surface area contributed by atoms with Crippen LogP contribution in [0.3, 0.4) is 0 Å². The van der Waals surface area contributed by atoms with Crippen LogP contribution in [0.5, 0.6) is 5.75 Å². The van der Waals surface area contributed by atoms with E-state index >= 15 is 0 Å². The van der Waals surface area contributed by atoms with E-state index in [0.29, 0.717) is 11.1 Å². The summed E-state index contributed by atoms with van der Waals surface area (Å²) in [6, 6.07) is 4.83. The van der Waals surface area contributed by atoms with E-state index in [0.717, 1.165) is 0 Å². The van der Waals surface area contributed by atoms with Gasteiger partial charge < -0.3 is 10.0 Å². The molecule has 0 bridgehead atoms. The van der Waals surface area contributed by atoms with Crippen molar-refractivity contribution in [3.8, 4) is 5.75 Å². The molecule has 1 aromatic rings. The SMILES string of the molecule is Cc1cc(C(=O)N(C)C)ccc1O. The van der Waals surface area contributed by atoms with Crippen LogP contribution in [-0.2, 0) is 0 Å². The number of nitrogens with zero attached hydrogens (tertiary/aromatic N) is 1. The molecule has 0 saturated heterocycles. The molecule has 0 aliphatic rings. The lowest BCUT2D eigenvalue weighted by molar-refractivity contribution is 0.0827. The van der Waals surface area contributed by atoms with E-state index in [1.54, 1.807) is 33.2 Å². The summed E-state index contributed by atoms with van der Waals surface area (Å²) < 4.78 is 0. The molecule has 0 unspecified atom stereocenters. The number of carbonyl (C=O) groups excluding carboxylic acids is 1. The number of amides is 1. The molecular weight excluding hydrogens is 166 g/mol. The number of rotatable bonds is 1. The summed E-state index contributed by atoms with van der Waals surface area (Å²) in [6.07, 6.45) is 0. The zero-order valence-corrected chi connectivity index (χ0v) is 8.03. The van der Waals surface area contributed by atoms with Gasteiger partial charge in [-0.2, -0.15) is 0 Å². The monoisotopic (exact) mass is 179 g/mol. The molecule has 3 nitrogen and oxygen atoms in total. The van der Waals surface area contributed by atoms with Gasteiger partial charge in [-0.3, -0.25) is 4.79 Å². The molecule has 1 amide bonds. The van der Waals surface area contributed by atoms with E-state index in [1.807, 2.05) is 0 Å². The molecule has 0 aliphatic heterocycles. The third-order valence-electron chi connectivity index (χ3n) is 1.85. The van der Waals surface area contributed by atoms with E-state index in [4.69, 9.17) is 0 Å². The number of benzene rings is 1. The van der Waals surface area contributed by atoms with Crippen molar-refractivity contribution in [3.05, 3.63) is 29.3 Å². The lowest BCUT2D eigenvalue weighted by Gasteiger charge is -2.10. The number of phenolic OH excluding ortho intramolecular Hbond substituents is 1. The maximum Gasteiger partial charge on any atom is 0.253 e. The first-order chi connectivity index (χ1) is 6.02. The molecular formula is C10H13NO2. The first kappa shape index (κ1) is 9.58. The molecule has 1 N–H and O–H groups in total. The summed E-state index contributed by atoms with van der Waals surface area (Å²) in [5, 5.41) is 9.24. The molecule has 3 heteroatoms. The summed E-state index contributed by atoms with van der Waals surface area (Å²) in [5.41, 5.74) is 1.31. The zero-order chi connectivity index (χ0) is 10.0. The summed E-state index contributed by atoms with van der Waals surface area (Å²) in [5.74, 6) is 0.165. The first-order valence-electron chi connectivity index (χ1n) is 4.03. The number of aryl methyl sites for hydroxylation is 1. The molecule has 70 valence electrons. The Morgan fingerprint density at radius 1 is 1.38 bits per heavy atom. The maximum atomic E-state index is 11.5. The Hall–Kier alpha value is -1.51. The normalized spacial score (nSPS) is 9.77. The number of hydrogen-bond donors (Lipinski definition) is 1. The molecule has 0 aliphatic carbocycles. The van der Waals surface area contributed by atoms with Crippen LogP contribution in [0.25, 0.3) is 0 Å². The van der Waals surface area contributed by atoms with Crippen LogP contribution < -0.4 is 0 Å². The summed E-state index contributed by atoms with van der Waals surface area (Å²) in [6.45, 7) is 1.77. The van der Waals surface area contributed by atoms with Crippen LogP contribution in [0.4, 0.5) is 0 Å². The third-order valence-corrected chi connectivity index (χ3v) is 1.85. The van der Waals surface area contributed by atoms with Gasteiger partial charge in [-0.05, 0) is 30.7 Å². The van der Waals surface area contributed by atoms with Crippen LogP contribution in [0.1, 0.15) is 15.9 Å². The van der Waals surface area contributed by atoms with Gasteiger partial charge in [0.2, 0.25) is 0 Å². The highest BCUT2D eigenvalue weighted by atomic mass is 16.3. The van der Waals surface area contributed by atoms with Gasteiger partial charge >= 0.3 is 0 Å². The topological polar surface area (TPSA) is 40.5 Å². The average molecular weight is 179 g/mol. The lowest BCUT2D eigenvalue weighted by atomic mass is 10.1. The van der Waals surface area contributed by atoms with Crippen molar-refractivity contribution in [2.45, 2.75) is 6.92 Å². The Kier molecular flexibility index (Phi) is 2.56. The van der Waals surface area contributed by atoms with Gasteiger partial charge in [0.1, 0.15) is 5.75 Å². The Bertz CT molecular complexity index is 332. The fourth-order valence-corrected chi connectivity index (χ4v) is 1.05. The number of hydrogen-bond acceptors (Lipinski definition) is 2. The van der Waals surface area contributed by atoms with Crippen molar-refractivity contribution in [1.29, 1.82) is 0 Å². The maximum absolute atomic E-state index is 11.5. The predicted octanol–water partition coefficient (Wildman–Crippen LogP) is 1.40. The Labute approximate surface area is 77.6 Å². The molecule has 0 spiro atoms. The van der Waals surface area contributed by atoms with Crippen LogP contribution in [0, 0.1) is 6.92 Å². The summed E-state index contributed by atoms with van der Waals surface area (Å²) >= 11 is 0. The molecule has 0 fully saturated rings. The number of aromatic hydroxyl groups is 1. The number of phenols is 1. The molecule has 0 radical (unpaired) electrons. The van der Waals surface area contributed by atoms with Crippen LogP contribution >= 0.6 is 0 Å². The molecule has 1 aromatic carbocycles. The van der Waals surface area contributed by atoms with Gasteiger partial charge in [0.25, 0.3) is 5.91 Å². The van der Waals surface area contributed by atoms with Crippen LogP contribution in [0.2, 0.25) is 0 Å². The van der Waals surface area contributed by atoms with E-state index < -0.39 is 0 Å². The lowest BCUT2D eigenvalue weighted by Crippen LogP contribution is -2.21. The molecule has 0 saturated carbocycles. The zero-order valence-electron chi connectivity index (χ0n) is 8.03. The highest BCUT2D eigenvalue weighted by Gasteiger charge is 2.08. The molecule has 13 heavy (non-hydrogen) atoms. The minimum Gasteiger partial charge on any atom is -0.508 e. The highest BCUT2D eigenvalue weighted by molar-refractivity contribution is 5.94. The van der Waals surface area contributed by atoms with Crippen LogP contribution in [0.15, 0.2) is 18.2 Å². The van der Waals surface area contributed by atoms with Gasteiger partial charge in [0.15, 0.2) is 0 Å². The molecule has 0 atom stereocenters. The smallest absolute Gasteiger partial charge is 0.253 e. The largest absolute Gasteiger partial charge is 0.508 e. The molecule has 0 heterocycles. The van der Waals surface area contributed by atoms with Crippen molar-refractivity contribution < 1.29 is 9.90 Å². The van der Waals surface area contributed by atoms with E-state index in [9.17, 15) is 9.90 Å². The van der Waals surface area contributed by atoms with Gasteiger partial charge in [-0.1, -0.05) is 0 Å². The Balaban J connectivity index is 3.04. The third kappa shape index (κ3) is 1.99. The quantitative estimate of drug-likeness (QED) is 0.708. The van der Waals surface area contributed by atoms with Gasteiger partial charge in [-0.15, -0.1) is 0 Å². The van der Waals surface area contributed by atoms with Gasteiger partial charge in [-0.25, -0.2) is 0 Å². The van der Waals surface area contributed by atoms with Crippen LogP contribution in [-0.4, -0.2) is 30.0 Å². The fourth-order valence-electron chi connectivity index (χ4n) is 1.05. The molecule has 1 rings (SSSR count). The first-order valence-corrected chi connectivity index (χ1v) is 4.03. The predicted molar refractivity (Wildman–Crippen MR) is 50.9 cm³/mol. The minimum atomic E-state index is -0.0527. The van der Waals surface area contributed by atoms with Crippen molar-refractivity contribution >= 4 is 5.91 Å². The Morgan fingerprint density at radius 3 is 2.46 bits per heavy atom. The van der Waals surface area contributed by atoms with E-state index in [1.165, 1.54) is 11.0 Å². The minimum absolute atomic E-state index is 0.0527. The van der Waals surface area contributed by atoms with Crippen molar-refractivity contribution in [2.24, 2.45) is 0 Å². The Morgan fingerprint density at radius 2 is 2.00 bits per heavy atom. The summed E-state index contributed by atoms with van der Waals surface area (Å²) in [4.78, 5) is 13.0. The van der Waals surface area contributed by atoms with E-state index in [-0.39, 0.29) is 11.7 Å². The molecule has 0 aromatic heterocycles. The highest BCUT2D eigenvalue weighted by Crippen LogP contribution is 2.17. The second-order valence-electron chi connectivity index (χ2n) is 3.20. The van der Waals surface area contributed by atoms with Gasteiger partial charge in [0, 0.05) is 19.7 Å². The van der Waals surface area contributed by atoms with Crippen molar-refractivity contribution in [3.63, 3.8) is 0 Å².